The van der Waals surface area contributed by atoms with Crippen LogP contribution >= 0.6 is 0 Å². The zero-order valence-corrected chi connectivity index (χ0v) is 30.4. The van der Waals surface area contributed by atoms with E-state index in [1.807, 2.05) is 60.7 Å². The molecule has 53 heavy (non-hydrogen) atoms. The average molecular weight is 733 g/mol. The molecule has 0 bridgehead atoms. The molecule has 1 amide bonds. The molecule has 3 aromatic rings. The van der Waals surface area contributed by atoms with Gasteiger partial charge in [0.2, 0.25) is 12.2 Å². The number of hydrogen-bond donors (Lipinski definition) is 2. The Morgan fingerprint density at radius 3 is 2.02 bits per heavy atom. The Labute approximate surface area is 309 Å². The summed E-state index contributed by atoms with van der Waals surface area (Å²) in [5.74, 6) is -5.01. The molecule has 3 aliphatic rings. The SMILES string of the molecule is CC1(C)O[C@@H]2[C@H](O1)[C@H]1OC(C)(C)O[C@@H]1O[C@@H]2[C@@H](O)OC(=O)C(Cc1ccccc1)CC(Cc1ccccc1)C(=O)NCCC(=O)OCc1ccncc1. The highest BCUT2D eigenvalue weighted by molar-refractivity contribution is 5.81. The lowest BCUT2D eigenvalue weighted by molar-refractivity contribution is -0.285. The molecular formula is C40H48N2O11. The highest BCUT2D eigenvalue weighted by Crippen LogP contribution is 2.45. The smallest absolute Gasteiger partial charge is 0.311 e. The van der Waals surface area contributed by atoms with Crippen LogP contribution in [0.1, 0.15) is 57.2 Å². The summed E-state index contributed by atoms with van der Waals surface area (Å²) in [5.41, 5.74) is 2.55. The van der Waals surface area contributed by atoms with Gasteiger partial charge < -0.3 is 43.6 Å². The molecule has 3 saturated heterocycles. The largest absolute Gasteiger partial charge is 0.461 e. The number of rotatable bonds is 15. The van der Waals surface area contributed by atoms with Crippen molar-refractivity contribution in [3.63, 3.8) is 0 Å². The van der Waals surface area contributed by atoms with Crippen LogP contribution in [0.2, 0.25) is 0 Å². The van der Waals surface area contributed by atoms with Gasteiger partial charge in [-0.05, 0) is 75.8 Å². The van der Waals surface area contributed by atoms with Crippen molar-refractivity contribution in [2.45, 2.75) is 109 Å². The third-order valence-electron chi connectivity index (χ3n) is 9.41. The lowest BCUT2D eigenvalue weighted by Gasteiger charge is -2.38. The van der Waals surface area contributed by atoms with Gasteiger partial charge in [-0.1, -0.05) is 60.7 Å². The number of carbonyl (C=O) groups is 3. The van der Waals surface area contributed by atoms with Gasteiger partial charge in [-0.15, -0.1) is 0 Å². The van der Waals surface area contributed by atoms with E-state index < -0.39 is 72.3 Å². The molecule has 284 valence electrons. The molecule has 3 aliphatic heterocycles. The molecule has 0 radical (unpaired) electrons. The molecule has 4 heterocycles. The van der Waals surface area contributed by atoms with Crippen LogP contribution in [0.4, 0.5) is 0 Å². The second-order valence-corrected chi connectivity index (χ2v) is 14.5. The lowest BCUT2D eigenvalue weighted by Crippen LogP contribution is -2.59. The summed E-state index contributed by atoms with van der Waals surface area (Å²) in [4.78, 5) is 44.3. The molecule has 6 rings (SSSR count). The number of nitrogens with one attached hydrogen (secondary N) is 1. The molecule has 0 spiro atoms. The van der Waals surface area contributed by atoms with Gasteiger partial charge in [0.15, 0.2) is 24.0 Å². The maximum atomic E-state index is 14.1. The molecule has 13 heteroatoms. The van der Waals surface area contributed by atoms with Gasteiger partial charge >= 0.3 is 11.9 Å². The maximum absolute atomic E-state index is 14.1. The van der Waals surface area contributed by atoms with Crippen LogP contribution < -0.4 is 5.32 Å². The molecule has 0 saturated carbocycles. The van der Waals surface area contributed by atoms with Crippen LogP contribution in [-0.4, -0.2) is 83.1 Å². The fourth-order valence-electron chi connectivity index (χ4n) is 6.99. The van der Waals surface area contributed by atoms with Crippen molar-refractivity contribution >= 4 is 17.8 Å². The fourth-order valence-corrected chi connectivity index (χ4v) is 6.99. The highest BCUT2D eigenvalue weighted by atomic mass is 16.9. The number of benzene rings is 2. The Balaban J connectivity index is 1.15. The Kier molecular flexibility index (Phi) is 12.2. The number of fused-ring (bicyclic) bond motifs is 3. The summed E-state index contributed by atoms with van der Waals surface area (Å²) in [6.07, 6.45) is -2.04. The predicted molar refractivity (Wildman–Crippen MR) is 188 cm³/mol. The van der Waals surface area contributed by atoms with E-state index in [1.165, 1.54) is 0 Å². The van der Waals surface area contributed by atoms with E-state index in [1.54, 1.807) is 52.2 Å². The van der Waals surface area contributed by atoms with Crippen molar-refractivity contribution < 1.29 is 52.6 Å². The molecule has 2 N–H and O–H groups in total. The van der Waals surface area contributed by atoms with E-state index in [2.05, 4.69) is 10.3 Å². The summed E-state index contributed by atoms with van der Waals surface area (Å²) in [6, 6.07) is 22.4. The van der Waals surface area contributed by atoms with E-state index in [4.69, 9.17) is 33.2 Å². The highest BCUT2D eigenvalue weighted by Gasteiger charge is 2.62. The normalized spacial score (nSPS) is 25.6. The first-order chi connectivity index (χ1) is 25.4. The number of aliphatic hydroxyl groups is 1. The third kappa shape index (κ3) is 10.3. The first-order valence-electron chi connectivity index (χ1n) is 18.0. The summed E-state index contributed by atoms with van der Waals surface area (Å²) in [6.45, 7) is 7.15. The Morgan fingerprint density at radius 1 is 0.774 bits per heavy atom. The minimum atomic E-state index is -1.75. The van der Waals surface area contributed by atoms with E-state index in [0.29, 0.717) is 6.42 Å². The lowest BCUT2D eigenvalue weighted by atomic mass is 9.85. The first kappa shape index (κ1) is 38.5. The van der Waals surface area contributed by atoms with Gasteiger partial charge in [0.25, 0.3) is 0 Å². The van der Waals surface area contributed by atoms with Gasteiger partial charge in [0, 0.05) is 24.9 Å². The predicted octanol–water partition coefficient (Wildman–Crippen LogP) is 4.00. The molecule has 8 atom stereocenters. The Hall–Kier alpha value is -4.24. The quantitative estimate of drug-likeness (QED) is 0.171. The van der Waals surface area contributed by atoms with E-state index in [9.17, 15) is 19.5 Å². The Bertz CT molecular complexity index is 1670. The number of pyridine rings is 1. The van der Waals surface area contributed by atoms with Gasteiger partial charge in [-0.3, -0.25) is 19.4 Å². The summed E-state index contributed by atoms with van der Waals surface area (Å²) >= 11 is 0. The zero-order chi connectivity index (χ0) is 37.6. The summed E-state index contributed by atoms with van der Waals surface area (Å²) in [7, 11) is 0. The molecule has 1 aromatic heterocycles. The number of ether oxygens (including phenoxy) is 7. The standard InChI is InChI=1S/C40H48N2O11/c1-39(2)50-31-32(51-39)34-38(53-40(3,4)52-34)48-33(31)37(46)49-36(45)29(22-26-13-9-6-10-14-26)23-28(21-25-11-7-5-8-12-25)35(44)42-20-17-30(43)47-24-27-15-18-41-19-16-27/h5-16,18-19,28-29,31-34,37-38,46H,17,20-24H2,1-4H3,(H,42,44)/t28?,29?,31-,32+,33+,34-,37+,38+/m1/s1. The molecule has 3 fully saturated rings. The van der Waals surface area contributed by atoms with Crippen LogP contribution in [-0.2, 0) is 67.0 Å². The van der Waals surface area contributed by atoms with Crippen LogP contribution in [0.5, 0.6) is 0 Å². The van der Waals surface area contributed by atoms with Gasteiger partial charge in [0.05, 0.1) is 12.3 Å². The van der Waals surface area contributed by atoms with Crippen molar-refractivity contribution in [3.05, 3.63) is 102 Å². The zero-order valence-electron chi connectivity index (χ0n) is 30.4. The molecule has 2 aromatic carbocycles. The number of amides is 1. The summed E-state index contributed by atoms with van der Waals surface area (Å²) < 4.78 is 41.5. The summed E-state index contributed by atoms with van der Waals surface area (Å²) in [5, 5.41) is 14.3. The molecule has 13 nitrogen and oxygen atoms in total. The van der Waals surface area contributed by atoms with E-state index in [0.717, 1.165) is 16.7 Å². The first-order valence-corrected chi connectivity index (χ1v) is 18.0. The van der Waals surface area contributed by atoms with Gasteiger partial charge in [-0.2, -0.15) is 0 Å². The van der Waals surface area contributed by atoms with Crippen LogP contribution in [0.15, 0.2) is 85.2 Å². The number of aliphatic hydroxyl groups excluding tert-OH is 1. The maximum Gasteiger partial charge on any atom is 0.311 e. The van der Waals surface area contributed by atoms with Crippen molar-refractivity contribution in [2.75, 3.05) is 6.54 Å². The molecule has 2 unspecified atom stereocenters. The Morgan fingerprint density at radius 2 is 1.36 bits per heavy atom. The monoisotopic (exact) mass is 732 g/mol. The number of esters is 2. The van der Waals surface area contributed by atoms with Crippen molar-refractivity contribution in [2.24, 2.45) is 11.8 Å². The van der Waals surface area contributed by atoms with E-state index >= 15 is 0 Å². The number of carbonyl (C=O) groups excluding carboxylic acids is 3. The van der Waals surface area contributed by atoms with Crippen molar-refractivity contribution in [1.82, 2.24) is 10.3 Å². The van der Waals surface area contributed by atoms with Crippen LogP contribution in [0.25, 0.3) is 0 Å². The number of aromatic nitrogens is 1. The number of hydrogen-bond acceptors (Lipinski definition) is 12. The number of nitrogens with zero attached hydrogens (tertiary/aromatic N) is 1. The molecule has 0 aliphatic carbocycles. The van der Waals surface area contributed by atoms with Gasteiger partial charge in [0.1, 0.15) is 24.9 Å². The average Bonchev–Trinajstić information content (AvgIpc) is 3.64. The molecular weight excluding hydrogens is 684 g/mol. The second-order valence-electron chi connectivity index (χ2n) is 14.5. The van der Waals surface area contributed by atoms with Crippen LogP contribution in [0.3, 0.4) is 0 Å². The second kappa shape index (κ2) is 16.8. The van der Waals surface area contributed by atoms with Gasteiger partial charge in [-0.25, -0.2) is 0 Å². The van der Waals surface area contributed by atoms with Crippen molar-refractivity contribution in [1.29, 1.82) is 0 Å². The third-order valence-corrected chi connectivity index (χ3v) is 9.41. The minimum absolute atomic E-state index is 0.0313. The topological polar surface area (TPSA) is 161 Å². The van der Waals surface area contributed by atoms with Crippen LogP contribution in [0, 0.1) is 11.8 Å². The van der Waals surface area contributed by atoms with Crippen molar-refractivity contribution in [3.8, 4) is 0 Å². The van der Waals surface area contributed by atoms with E-state index in [-0.39, 0.29) is 38.3 Å². The fraction of sp³-hybridized carbons (Fsp3) is 0.500. The minimum Gasteiger partial charge on any atom is -0.461 e.